The third kappa shape index (κ3) is 2.35. The Balaban J connectivity index is 2.85. The average Bonchev–Trinajstić information content (AvgIpc) is 2.49. The molecule has 1 atom stereocenters. The van der Waals surface area contributed by atoms with E-state index in [9.17, 15) is 4.79 Å². The first-order chi connectivity index (χ1) is 6.45. The molecule has 14 heavy (non-hydrogen) atoms. The number of hydrogen-bond donors (Lipinski definition) is 2. The summed E-state index contributed by atoms with van der Waals surface area (Å²) in [4.78, 5) is 10.5. The van der Waals surface area contributed by atoms with Gasteiger partial charge in [0.25, 0.3) is 0 Å². The van der Waals surface area contributed by atoms with E-state index in [2.05, 4.69) is 0 Å². The first kappa shape index (κ1) is 10.8. The predicted molar refractivity (Wildman–Crippen MR) is 51.9 cm³/mol. The summed E-state index contributed by atoms with van der Waals surface area (Å²) in [5.41, 5.74) is 4.90. The van der Waals surface area contributed by atoms with Crippen molar-refractivity contribution in [1.29, 1.82) is 0 Å². The number of furan rings is 1. The summed E-state index contributed by atoms with van der Waals surface area (Å²) in [6.07, 6.45) is 0.646. The van der Waals surface area contributed by atoms with Crippen LogP contribution < -0.4 is 5.73 Å². The molecular weight excluding hydrogens is 182 g/mol. The molecule has 0 aliphatic rings. The van der Waals surface area contributed by atoms with E-state index < -0.39 is 11.5 Å². The van der Waals surface area contributed by atoms with E-state index in [1.54, 1.807) is 13.0 Å². The second kappa shape index (κ2) is 3.84. The van der Waals surface area contributed by atoms with Crippen molar-refractivity contribution in [2.75, 3.05) is 0 Å². The highest BCUT2D eigenvalue weighted by atomic mass is 16.4. The molecule has 4 heteroatoms. The van der Waals surface area contributed by atoms with Gasteiger partial charge in [0.15, 0.2) is 0 Å². The van der Waals surface area contributed by atoms with Crippen molar-refractivity contribution in [1.82, 2.24) is 0 Å². The molecule has 4 nitrogen and oxygen atoms in total. The Labute approximate surface area is 82.7 Å². The predicted octanol–water partition coefficient (Wildman–Crippen LogP) is 1.49. The molecule has 0 aromatic carbocycles. The van der Waals surface area contributed by atoms with Gasteiger partial charge in [-0.15, -0.1) is 0 Å². The zero-order valence-corrected chi connectivity index (χ0v) is 8.41. The molecule has 0 radical (unpaired) electrons. The molecule has 1 heterocycles. The van der Waals surface area contributed by atoms with Crippen LogP contribution in [0.1, 0.15) is 31.8 Å². The van der Waals surface area contributed by atoms with Crippen LogP contribution in [0, 0.1) is 0 Å². The molecule has 1 aromatic heterocycles. The standard InChI is InChI=1S/C10H15NO3/c1-3-7-4-5-8(14-7)10(2,11)6-9(12)13/h4-5H,3,6,11H2,1-2H3,(H,12,13)/t10-/m1/s1. The van der Waals surface area contributed by atoms with Gasteiger partial charge in [0.05, 0.1) is 12.0 Å². The fraction of sp³-hybridized carbons (Fsp3) is 0.500. The monoisotopic (exact) mass is 197 g/mol. The maximum Gasteiger partial charge on any atom is 0.305 e. The van der Waals surface area contributed by atoms with Crippen LogP contribution >= 0.6 is 0 Å². The van der Waals surface area contributed by atoms with Crippen LogP contribution in [0.4, 0.5) is 0 Å². The third-order valence-corrected chi connectivity index (χ3v) is 2.09. The van der Waals surface area contributed by atoms with Crippen LogP contribution in [0.2, 0.25) is 0 Å². The van der Waals surface area contributed by atoms with Gasteiger partial charge in [-0.05, 0) is 19.1 Å². The zero-order chi connectivity index (χ0) is 10.8. The Kier molecular flexibility index (Phi) is 2.96. The highest BCUT2D eigenvalue weighted by molar-refractivity contribution is 5.68. The van der Waals surface area contributed by atoms with E-state index in [1.807, 2.05) is 13.0 Å². The fourth-order valence-electron chi connectivity index (χ4n) is 1.28. The second-order valence-corrected chi connectivity index (χ2v) is 3.61. The first-order valence-corrected chi connectivity index (χ1v) is 4.55. The summed E-state index contributed by atoms with van der Waals surface area (Å²) in [5, 5.41) is 8.65. The summed E-state index contributed by atoms with van der Waals surface area (Å²) >= 11 is 0. The van der Waals surface area contributed by atoms with Crippen LogP contribution in [0.5, 0.6) is 0 Å². The number of carboxylic acid groups (broad SMARTS) is 1. The molecule has 0 spiro atoms. The van der Waals surface area contributed by atoms with Crippen LogP contribution in [-0.4, -0.2) is 11.1 Å². The SMILES string of the molecule is CCc1ccc([C@](C)(N)CC(=O)O)o1. The molecule has 0 amide bonds. The summed E-state index contributed by atoms with van der Waals surface area (Å²) < 4.78 is 5.41. The third-order valence-electron chi connectivity index (χ3n) is 2.09. The summed E-state index contributed by atoms with van der Waals surface area (Å²) in [6, 6.07) is 3.56. The van der Waals surface area contributed by atoms with Crippen molar-refractivity contribution in [2.24, 2.45) is 5.73 Å². The molecule has 1 rings (SSSR count). The van der Waals surface area contributed by atoms with Crippen molar-refractivity contribution < 1.29 is 14.3 Å². The van der Waals surface area contributed by atoms with E-state index in [0.717, 1.165) is 12.2 Å². The van der Waals surface area contributed by atoms with Gasteiger partial charge in [0.2, 0.25) is 0 Å². The van der Waals surface area contributed by atoms with E-state index in [-0.39, 0.29) is 6.42 Å². The highest BCUT2D eigenvalue weighted by Gasteiger charge is 2.28. The number of hydrogen-bond acceptors (Lipinski definition) is 3. The summed E-state index contributed by atoms with van der Waals surface area (Å²) in [7, 11) is 0. The number of aryl methyl sites for hydroxylation is 1. The lowest BCUT2D eigenvalue weighted by Gasteiger charge is -2.19. The smallest absolute Gasteiger partial charge is 0.305 e. The Morgan fingerprint density at radius 3 is 2.71 bits per heavy atom. The van der Waals surface area contributed by atoms with Crippen LogP contribution in [0.3, 0.4) is 0 Å². The molecule has 0 saturated heterocycles. The lowest BCUT2D eigenvalue weighted by Crippen LogP contribution is -2.35. The quantitative estimate of drug-likeness (QED) is 0.766. The Morgan fingerprint density at radius 2 is 2.29 bits per heavy atom. The van der Waals surface area contributed by atoms with Crippen molar-refractivity contribution in [3.63, 3.8) is 0 Å². The normalized spacial score (nSPS) is 15.1. The van der Waals surface area contributed by atoms with Crippen LogP contribution in [0.15, 0.2) is 16.5 Å². The molecule has 0 unspecified atom stereocenters. The van der Waals surface area contributed by atoms with Crippen molar-refractivity contribution in [3.8, 4) is 0 Å². The van der Waals surface area contributed by atoms with Crippen LogP contribution in [-0.2, 0) is 16.8 Å². The second-order valence-electron chi connectivity index (χ2n) is 3.61. The summed E-state index contributed by atoms with van der Waals surface area (Å²) in [5.74, 6) is 0.420. The molecule has 0 bridgehead atoms. The van der Waals surface area contributed by atoms with Crippen molar-refractivity contribution in [3.05, 3.63) is 23.7 Å². The minimum absolute atomic E-state index is 0.135. The van der Waals surface area contributed by atoms with Crippen LogP contribution in [0.25, 0.3) is 0 Å². The maximum absolute atomic E-state index is 10.5. The zero-order valence-electron chi connectivity index (χ0n) is 8.41. The minimum atomic E-state index is -0.931. The number of nitrogens with two attached hydrogens (primary N) is 1. The minimum Gasteiger partial charge on any atom is -0.481 e. The summed E-state index contributed by atoms with van der Waals surface area (Å²) in [6.45, 7) is 3.62. The van der Waals surface area contributed by atoms with E-state index in [1.165, 1.54) is 0 Å². The number of carboxylic acids is 1. The molecular formula is C10H15NO3. The van der Waals surface area contributed by atoms with Gasteiger partial charge in [-0.2, -0.15) is 0 Å². The van der Waals surface area contributed by atoms with Gasteiger partial charge in [-0.1, -0.05) is 6.92 Å². The molecule has 0 aliphatic heterocycles. The number of aliphatic carboxylic acids is 1. The fourth-order valence-corrected chi connectivity index (χ4v) is 1.28. The van der Waals surface area contributed by atoms with E-state index in [0.29, 0.717) is 5.76 Å². The van der Waals surface area contributed by atoms with Gasteiger partial charge in [0, 0.05) is 6.42 Å². The molecule has 1 aromatic rings. The Morgan fingerprint density at radius 1 is 1.64 bits per heavy atom. The van der Waals surface area contributed by atoms with Gasteiger partial charge >= 0.3 is 5.97 Å². The van der Waals surface area contributed by atoms with Gasteiger partial charge in [-0.3, -0.25) is 4.79 Å². The van der Waals surface area contributed by atoms with Gasteiger partial charge in [-0.25, -0.2) is 0 Å². The number of carbonyl (C=O) groups is 1. The van der Waals surface area contributed by atoms with Gasteiger partial charge < -0.3 is 15.3 Å². The topological polar surface area (TPSA) is 76.5 Å². The molecule has 0 aliphatic carbocycles. The van der Waals surface area contributed by atoms with Gasteiger partial charge in [0.1, 0.15) is 11.5 Å². The van der Waals surface area contributed by atoms with Crippen molar-refractivity contribution in [2.45, 2.75) is 32.2 Å². The van der Waals surface area contributed by atoms with Crippen molar-refractivity contribution >= 4 is 5.97 Å². The molecule has 78 valence electrons. The Hall–Kier alpha value is -1.29. The Bertz CT molecular complexity index is 328. The highest BCUT2D eigenvalue weighted by Crippen LogP contribution is 2.23. The molecule has 3 N–H and O–H groups in total. The lowest BCUT2D eigenvalue weighted by molar-refractivity contribution is -0.138. The first-order valence-electron chi connectivity index (χ1n) is 4.55. The van der Waals surface area contributed by atoms with E-state index in [4.69, 9.17) is 15.3 Å². The lowest BCUT2D eigenvalue weighted by atomic mass is 9.96. The molecule has 0 fully saturated rings. The maximum atomic E-state index is 10.5. The number of rotatable bonds is 4. The van der Waals surface area contributed by atoms with E-state index >= 15 is 0 Å². The molecule has 0 saturated carbocycles. The average molecular weight is 197 g/mol. The largest absolute Gasteiger partial charge is 0.481 e.